The van der Waals surface area contributed by atoms with Gasteiger partial charge in [-0.05, 0) is 6.07 Å². The van der Waals surface area contributed by atoms with Crippen molar-refractivity contribution in [3.63, 3.8) is 0 Å². The van der Waals surface area contributed by atoms with Gasteiger partial charge in [-0.15, -0.1) is 0 Å². The SMILES string of the molecule is CCC(=O)ON=C(Cl)c1ccccc1Cl. The van der Waals surface area contributed by atoms with Crippen LogP contribution in [0.1, 0.15) is 18.9 Å². The van der Waals surface area contributed by atoms with Crippen LogP contribution in [-0.2, 0) is 9.63 Å². The maximum atomic E-state index is 10.8. The second-order valence-corrected chi connectivity index (χ2v) is 3.44. The van der Waals surface area contributed by atoms with Crippen LogP contribution in [0.2, 0.25) is 5.02 Å². The highest BCUT2D eigenvalue weighted by atomic mass is 35.5. The average Bonchev–Trinajstić information content (AvgIpc) is 2.26. The van der Waals surface area contributed by atoms with E-state index in [0.717, 1.165) is 0 Å². The van der Waals surface area contributed by atoms with Gasteiger partial charge >= 0.3 is 5.97 Å². The monoisotopic (exact) mass is 245 g/mol. The van der Waals surface area contributed by atoms with Crippen molar-refractivity contribution in [1.82, 2.24) is 0 Å². The molecule has 1 rings (SSSR count). The highest BCUT2D eigenvalue weighted by Gasteiger charge is 2.06. The van der Waals surface area contributed by atoms with Crippen molar-refractivity contribution < 1.29 is 9.63 Å². The molecular formula is C10H9Cl2NO2. The van der Waals surface area contributed by atoms with Gasteiger partial charge in [0.1, 0.15) is 0 Å². The quantitative estimate of drug-likeness (QED) is 0.466. The molecule has 0 unspecified atom stereocenters. The van der Waals surface area contributed by atoms with Crippen molar-refractivity contribution in [2.24, 2.45) is 5.16 Å². The fraction of sp³-hybridized carbons (Fsp3) is 0.200. The lowest BCUT2D eigenvalue weighted by atomic mass is 10.2. The molecule has 80 valence electrons. The van der Waals surface area contributed by atoms with Crippen molar-refractivity contribution in [3.8, 4) is 0 Å². The van der Waals surface area contributed by atoms with Gasteiger partial charge in [-0.2, -0.15) is 0 Å². The zero-order valence-electron chi connectivity index (χ0n) is 8.04. The molecule has 0 aromatic heterocycles. The second kappa shape index (κ2) is 5.73. The summed E-state index contributed by atoms with van der Waals surface area (Å²) in [4.78, 5) is 15.3. The maximum absolute atomic E-state index is 10.8. The van der Waals surface area contributed by atoms with Gasteiger partial charge in [-0.25, -0.2) is 4.79 Å². The molecule has 1 aromatic carbocycles. The van der Waals surface area contributed by atoms with Crippen LogP contribution in [0.3, 0.4) is 0 Å². The van der Waals surface area contributed by atoms with Gasteiger partial charge < -0.3 is 4.84 Å². The summed E-state index contributed by atoms with van der Waals surface area (Å²) in [6.07, 6.45) is 0.246. The molecule has 0 aliphatic rings. The summed E-state index contributed by atoms with van der Waals surface area (Å²) in [6, 6.07) is 6.90. The third-order valence-corrected chi connectivity index (χ3v) is 2.21. The molecule has 0 N–H and O–H groups in total. The van der Waals surface area contributed by atoms with Crippen LogP contribution in [0, 0.1) is 0 Å². The fourth-order valence-corrected chi connectivity index (χ4v) is 1.31. The first-order valence-electron chi connectivity index (χ1n) is 4.33. The van der Waals surface area contributed by atoms with Crippen LogP contribution in [0.5, 0.6) is 0 Å². The number of halogens is 2. The van der Waals surface area contributed by atoms with Gasteiger partial charge in [0.15, 0.2) is 5.17 Å². The Hall–Kier alpha value is -1.06. The summed E-state index contributed by atoms with van der Waals surface area (Å²) < 4.78 is 0. The molecule has 3 nitrogen and oxygen atoms in total. The summed E-state index contributed by atoms with van der Waals surface area (Å²) in [5.41, 5.74) is 0.532. The molecule has 0 heterocycles. The number of rotatable bonds is 3. The third kappa shape index (κ3) is 3.53. The van der Waals surface area contributed by atoms with Gasteiger partial charge in [0, 0.05) is 12.0 Å². The predicted molar refractivity (Wildman–Crippen MR) is 60.2 cm³/mol. The predicted octanol–water partition coefficient (Wildman–Crippen LogP) is 3.19. The Bertz CT molecular complexity index is 391. The van der Waals surface area contributed by atoms with E-state index in [-0.39, 0.29) is 11.6 Å². The van der Waals surface area contributed by atoms with E-state index in [4.69, 9.17) is 23.2 Å². The largest absolute Gasteiger partial charge is 0.334 e. The Balaban J connectivity index is 2.80. The van der Waals surface area contributed by atoms with Gasteiger partial charge in [0.05, 0.1) is 5.02 Å². The first-order valence-corrected chi connectivity index (χ1v) is 5.09. The van der Waals surface area contributed by atoms with E-state index in [1.807, 2.05) is 0 Å². The first-order chi connectivity index (χ1) is 7.15. The standard InChI is InChI=1S/C10H9Cl2NO2/c1-2-9(14)15-13-10(12)7-5-3-4-6-8(7)11/h3-6H,2H2,1H3. The van der Waals surface area contributed by atoms with Gasteiger partial charge in [-0.3, -0.25) is 0 Å². The third-order valence-electron chi connectivity index (χ3n) is 1.61. The van der Waals surface area contributed by atoms with Crippen molar-refractivity contribution in [1.29, 1.82) is 0 Å². The van der Waals surface area contributed by atoms with Crippen molar-refractivity contribution in [2.75, 3.05) is 0 Å². The molecule has 0 aliphatic carbocycles. The zero-order valence-corrected chi connectivity index (χ0v) is 9.55. The van der Waals surface area contributed by atoms with Crippen LogP contribution in [0.4, 0.5) is 0 Å². The molecule has 0 amide bonds. The minimum Gasteiger partial charge on any atom is -0.317 e. The summed E-state index contributed by atoms with van der Waals surface area (Å²) in [5, 5.41) is 3.99. The minimum absolute atomic E-state index is 0.0578. The summed E-state index contributed by atoms with van der Waals surface area (Å²) >= 11 is 11.7. The lowest BCUT2D eigenvalue weighted by Gasteiger charge is -2.00. The number of benzene rings is 1. The Morgan fingerprint density at radius 1 is 1.47 bits per heavy atom. The number of carbonyl (C=O) groups excluding carboxylic acids is 1. The average molecular weight is 246 g/mol. The van der Waals surface area contributed by atoms with Crippen LogP contribution in [-0.4, -0.2) is 11.1 Å². The number of hydrogen-bond acceptors (Lipinski definition) is 3. The van der Waals surface area contributed by atoms with E-state index in [1.165, 1.54) is 0 Å². The van der Waals surface area contributed by atoms with E-state index in [9.17, 15) is 4.79 Å². The summed E-state index contributed by atoms with van der Waals surface area (Å²) in [7, 11) is 0. The molecule has 0 bridgehead atoms. The highest BCUT2D eigenvalue weighted by molar-refractivity contribution is 6.70. The lowest BCUT2D eigenvalue weighted by molar-refractivity contribution is -0.143. The normalized spacial score (nSPS) is 11.3. The Kier molecular flexibility index (Phi) is 4.59. The van der Waals surface area contributed by atoms with E-state index in [2.05, 4.69) is 9.99 Å². The molecule has 0 saturated carbocycles. The molecule has 0 spiro atoms. The molecule has 0 atom stereocenters. The van der Waals surface area contributed by atoms with E-state index >= 15 is 0 Å². The molecule has 0 radical (unpaired) electrons. The molecule has 5 heteroatoms. The van der Waals surface area contributed by atoms with Crippen molar-refractivity contribution in [2.45, 2.75) is 13.3 Å². The molecule has 0 saturated heterocycles. The van der Waals surface area contributed by atoms with Crippen LogP contribution >= 0.6 is 23.2 Å². The Morgan fingerprint density at radius 2 is 2.13 bits per heavy atom. The molecule has 15 heavy (non-hydrogen) atoms. The summed E-state index contributed by atoms with van der Waals surface area (Å²) in [5.74, 6) is -0.444. The first kappa shape index (κ1) is 12.0. The molecule has 0 fully saturated rings. The van der Waals surface area contributed by atoms with Crippen LogP contribution < -0.4 is 0 Å². The van der Waals surface area contributed by atoms with E-state index < -0.39 is 5.97 Å². The number of nitrogens with zero attached hydrogens (tertiary/aromatic N) is 1. The lowest BCUT2D eigenvalue weighted by Crippen LogP contribution is -2.00. The summed E-state index contributed by atoms with van der Waals surface area (Å²) in [6.45, 7) is 1.67. The van der Waals surface area contributed by atoms with Crippen molar-refractivity contribution >= 4 is 34.3 Å². The minimum atomic E-state index is -0.444. The van der Waals surface area contributed by atoms with E-state index in [1.54, 1.807) is 31.2 Å². The van der Waals surface area contributed by atoms with Crippen LogP contribution in [0.25, 0.3) is 0 Å². The van der Waals surface area contributed by atoms with Gasteiger partial charge in [0.2, 0.25) is 0 Å². The maximum Gasteiger partial charge on any atom is 0.334 e. The smallest absolute Gasteiger partial charge is 0.317 e. The van der Waals surface area contributed by atoms with Crippen LogP contribution in [0.15, 0.2) is 29.4 Å². The van der Waals surface area contributed by atoms with Gasteiger partial charge in [-0.1, -0.05) is 53.5 Å². The molecule has 1 aromatic rings. The number of carbonyl (C=O) groups is 1. The highest BCUT2D eigenvalue weighted by Crippen LogP contribution is 2.17. The zero-order chi connectivity index (χ0) is 11.3. The number of hydrogen-bond donors (Lipinski definition) is 0. The topological polar surface area (TPSA) is 38.7 Å². The van der Waals surface area contributed by atoms with E-state index in [0.29, 0.717) is 10.6 Å². The Morgan fingerprint density at radius 3 is 2.73 bits per heavy atom. The second-order valence-electron chi connectivity index (χ2n) is 2.68. The van der Waals surface area contributed by atoms with Gasteiger partial charge in [0.25, 0.3) is 0 Å². The fourth-order valence-electron chi connectivity index (χ4n) is 0.833. The van der Waals surface area contributed by atoms with Crippen molar-refractivity contribution in [3.05, 3.63) is 34.9 Å². The molecule has 0 aliphatic heterocycles. The Labute approximate surface area is 97.6 Å². The number of oxime groups is 1. The molecular weight excluding hydrogens is 237 g/mol.